The zero-order chi connectivity index (χ0) is 21.5. The third kappa shape index (κ3) is 5.70. The van der Waals surface area contributed by atoms with Gasteiger partial charge in [-0.3, -0.25) is 9.36 Å². The Bertz CT molecular complexity index is 1030. The number of hydrogen-bond acceptors (Lipinski definition) is 5. The number of halogens is 1. The summed E-state index contributed by atoms with van der Waals surface area (Å²) in [5, 5.41) is 11.6. The van der Waals surface area contributed by atoms with Gasteiger partial charge in [0.1, 0.15) is 18.2 Å². The van der Waals surface area contributed by atoms with E-state index in [2.05, 4.69) is 22.1 Å². The van der Waals surface area contributed by atoms with E-state index in [9.17, 15) is 9.18 Å². The average Bonchev–Trinajstić information content (AvgIpc) is 3.11. The molecule has 1 aromatic heterocycles. The van der Waals surface area contributed by atoms with Crippen LogP contribution in [-0.4, -0.2) is 26.4 Å². The number of carbonyl (C=O) groups excluding carboxylic acids is 1. The lowest BCUT2D eigenvalue weighted by Gasteiger charge is -2.10. The lowest BCUT2D eigenvalue weighted by atomic mass is 10.2. The van der Waals surface area contributed by atoms with Crippen LogP contribution in [0.25, 0.3) is 0 Å². The van der Waals surface area contributed by atoms with Crippen molar-refractivity contribution >= 4 is 23.4 Å². The minimum absolute atomic E-state index is 0.115. The molecule has 0 aliphatic carbocycles. The summed E-state index contributed by atoms with van der Waals surface area (Å²) < 4.78 is 21.3. The van der Waals surface area contributed by atoms with Gasteiger partial charge in [-0.25, -0.2) is 4.39 Å². The molecule has 0 aliphatic rings. The highest BCUT2D eigenvalue weighted by Gasteiger charge is 2.14. The van der Waals surface area contributed by atoms with Gasteiger partial charge in [0.2, 0.25) is 5.91 Å². The van der Waals surface area contributed by atoms with Crippen molar-refractivity contribution in [2.75, 3.05) is 11.1 Å². The van der Waals surface area contributed by atoms with Crippen LogP contribution in [0.4, 0.5) is 10.1 Å². The van der Waals surface area contributed by atoms with Crippen LogP contribution in [0.2, 0.25) is 0 Å². The molecule has 1 N–H and O–H groups in total. The number of ether oxygens (including phenoxy) is 1. The van der Waals surface area contributed by atoms with Crippen molar-refractivity contribution in [3.8, 4) is 5.75 Å². The molecule has 0 unspecified atom stereocenters. The van der Waals surface area contributed by atoms with Crippen molar-refractivity contribution in [1.29, 1.82) is 0 Å². The van der Waals surface area contributed by atoms with Crippen molar-refractivity contribution in [3.05, 3.63) is 77.9 Å². The lowest BCUT2D eigenvalue weighted by molar-refractivity contribution is -0.113. The number of aryl methyl sites for hydroxylation is 2. The number of anilines is 1. The molecule has 0 fully saturated rings. The molecule has 2 aromatic carbocycles. The summed E-state index contributed by atoms with van der Waals surface area (Å²) in [6, 6.07) is 12.3. The number of hydrogen-bond donors (Lipinski definition) is 1. The van der Waals surface area contributed by atoms with Gasteiger partial charge in [-0.2, -0.15) is 0 Å². The highest BCUT2D eigenvalue weighted by Crippen LogP contribution is 2.20. The molecule has 1 amide bonds. The van der Waals surface area contributed by atoms with E-state index in [1.807, 2.05) is 35.8 Å². The fraction of sp³-hybridized carbons (Fsp3) is 0.227. The van der Waals surface area contributed by atoms with E-state index in [0.29, 0.717) is 28.8 Å². The van der Waals surface area contributed by atoms with Gasteiger partial charge in [-0.15, -0.1) is 16.8 Å². The fourth-order valence-electron chi connectivity index (χ4n) is 2.63. The Morgan fingerprint density at radius 2 is 2.00 bits per heavy atom. The van der Waals surface area contributed by atoms with Gasteiger partial charge >= 0.3 is 0 Å². The second-order valence-electron chi connectivity index (χ2n) is 6.70. The third-order valence-corrected chi connectivity index (χ3v) is 5.25. The predicted octanol–water partition coefficient (Wildman–Crippen LogP) is 4.53. The molecule has 3 rings (SSSR count). The molecule has 0 spiro atoms. The summed E-state index contributed by atoms with van der Waals surface area (Å²) in [5.41, 5.74) is 2.10. The van der Waals surface area contributed by atoms with Crippen LogP contribution in [0.1, 0.15) is 17.0 Å². The molecule has 0 atom stereocenters. The topological polar surface area (TPSA) is 69.0 Å². The maximum Gasteiger partial charge on any atom is 0.234 e. The van der Waals surface area contributed by atoms with Crippen LogP contribution in [0, 0.1) is 19.7 Å². The van der Waals surface area contributed by atoms with Gasteiger partial charge in [-0.1, -0.05) is 41.6 Å². The molecule has 0 radical (unpaired) electrons. The highest BCUT2D eigenvalue weighted by atomic mass is 32.2. The Morgan fingerprint density at radius 1 is 1.23 bits per heavy atom. The van der Waals surface area contributed by atoms with Crippen LogP contribution in [0.3, 0.4) is 0 Å². The molecule has 0 saturated carbocycles. The van der Waals surface area contributed by atoms with Crippen molar-refractivity contribution in [2.45, 2.75) is 32.2 Å². The van der Waals surface area contributed by atoms with Crippen LogP contribution in [0.15, 0.2) is 60.3 Å². The van der Waals surface area contributed by atoms with E-state index in [0.717, 1.165) is 11.3 Å². The van der Waals surface area contributed by atoms with Gasteiger partial charge in [0.25, 0.3) is 0 Å². The molecule has 8 heteroatoms. The van der Waals surface area contributed by atoms with Crippen LogP contribution >= 0.6 is 11.8 Å². The molecule has 3 aromatic rings. The normalized spacial score (nSPS) is 10.6. The van der Waals surface area contributed by atoms with Gasteiger partial charge in [0.15, 0.2) is 11.0 Å². The van der Waals surface area contributed by atoms with Crippen molar-refractivity contribution < 1.29 is 13.9 Å². The third-order valence-electron chi connectivity index (χ3n) is 4.28. The quantitative estimate of drug-likeness (QED) is 0.402. The molecule has 30 heavy (non-hydrogen) atoms. The lowest BCUT2D eigenvalue weighted by Crippen LogP contribution is -2.15. The summed E-state index contributed by atoms with van der Waals surface area (Å²) in [7, 11) is 0. The Hall–Kier alpha value is -3.13. The molecular formula is C22H23FN4O2S. The zero-order valence-corrected chi connectivity index (χ0v) is 17.7. The Kier molecular flexibility index (Phi) is 7.24. The summed E-state index contributed by atoms with van der Waals surface area (Å²) in [6.45, 7) is 8.20. The number of thioether (sulfide) groups is 1. The second-order valence-corrected chi connectivity index (χ2v) is 7.64. The standard InChI is InChI=1S/C22H23FN4O2S/c1-4-11-27-20(13-29-18-9-5-15(2)6-10-18)25-26-22(27)30-14-21(28)24-17-8-7-16(3)19(23)12-17/h4-10,12H,1,11,13-14H2,2-3H3,(H,24,28). The molecule has 156 valence electrons. The summed E-state index contributed by atoms with van der Waals surface area (Å²) in [6.07, 6.45) is 1.73. The molecular weight excluding hydrogens is 403 g/mol. The van der Waals surface area contributed by atoms with Gasteiger partial charge in [0, 0.05) is 12.2 Å². The highest BCUT2D eigenvalue weighted by molar-refractivity contribution is 7.99. The fourth-order valence-corrected chi connectivity index (χ4v) is 3.39. The summed E-state index contributed by atoms with van der Waals surface area (Å²) in [4.78, 5) is 12.2. The van der Waals surface area contributed by atoms with Crippen molar-refractivity contribution in [1.82, 2.24) is 14.8 Å². The molecule has 0 bridgehead atoms. The number of benzene rings is 2. The SMILES string of the molecule is C=CCn1c(COc2ccc(C)cc2)nnc1SCC(=O)Nc1ccc(C)c(F)c1. The number of aromatic nitrogens is 3. The van der Waals surface area contributed by atoms with Crippen LogP contribution < -0.4 is 10.1 Å². The number of nitrogens with zero attached hydrogens (tertiary/aromatic N) is 3. The largest absolute Gasteiger partial charge is 0.486 e. The van der Waals surface area contributed by atoms with E-state index in [4.69, 9.17) is 4.74 Å². The van der Waals surface area contributed by atoms with Crippen LogP contribution in [0.5, 0.6) is 5.75 Å². The summed E-state index contributed by atoms with van der Waals surface area (Å²) >= 11 is 1.25. The van der Waals surface area contributed by atoms with Gasteiger partial charge in [-0.05, 0) is 43.7 Å². The molecule has 0 saturated heterocycles. The zero-order valence-electron chi connectivity index (χ0n) is 16.9. The van der Waals surface area contributed by atoms with Gasteiger partial charge in [0.05, 0.1) is 5.75 Å². The minimum atomic E-state index is -0.357. The van der Waals surface area contributed by atoms with E-state index in [1.54, 1.807) is 25.1 Å². The monoisotopic (exact) mass is 426 g/mol. The number of rotatable bonds is 9. The average molecular weight is 427 g/mol. The van der Waals surface area contributed by atoms with E-state index < -0.39 is 0 Å². The number of amides is 1. The Morgan fingerprint density at radius 3 is 2.70 bits per heavy atom. The van der Waals surface area contributed by atoms with Crippen molar-refractivity contribution in [3.63, 3.8) is 0 Å². The molecule has 6 nitrogen and oxygen atoms in total. The van der Waals surface area contributed by atoms with Crippen molar-refractivity contribution in [2.24, 2.45) is 0 Å². The van der Waals surface area contributed by atoms with E-state index in [1.165, 1.54) is 17.8 Å². The maximum atomic E-state index is 13.6. The molecule has 1 heterocycles. The minimum Gasteiger partial charge on any atom is -0.486 e. The number of allylic oxidation sites excluding steroid dienone is 1. The molecule has 0 aliphatic heterocycles. The first-order valence-electron chi connectivity index (χ1n) is 9.37. The van der Waals surface area contributed by atoms with E-state index in [-0.39, 0.29) is 24.1 Å². The Labute approximate surface area is 179 Å². The first kappa shape index (κ1) is 21.6. The number of nitrogens with one attached hydrogen (secondary N) is 1. The summed E-state index contributed by atoms with van der Waals surface area (Å²) in [5.74, 6) is 0.883. The van der Waals surface area contributed by atoms with E-state index >= 15 is 0 Å². The first-order chi connectivity index (χ1) is 14.5. The number of carbonyl (C=O) groups is 1. The second kappa shape index (κ2) is 10.1. The van der Waals surface area contributed by atoms with Crippen LogP contribution in [-0.2, 0) is 17.9 Å². The van der Waals surface area contributed by atoms with Gasteiger partial charge < -0.3 is 10.1 Å². The Balaban J connectivity index is 1.60. The first-order valence-corrected chi connectivity index (χ1v) is 10.4. The smallest absolute Gasteiger partial charge is 0.234 e. The maximum absolute atomic E-state index is 13.6. The predicted molar refractivity (Wildman–Crippen MR) is 116 cm³/mol.